The van der Waals surface area contributed by atoms with Crippen LogP contribution in [0.25, 0.3) is 0 Å². The highest BCUT2D eigenvalue weighted by molar-refractivity contribution is 5.21. The molecule has 4 nitrogen and oxygen atoms in total. The fraction of sp³-hybridized carbons (Fsp3) is 0. The second-order valence-corrected chi connectivity index (χ2v) is 2.34. The summed E-state index contributed by atoms with van der Waals surface area (Å²) in [6.45, 7) is 0. The van der Waals surface area contributed by atoms with E-state index >= 15 is 0 Å². The van der Waals surface area contributed by atoms with Crippen molar-refractivity contribution in [1.82, 2.24) is 15.0 Å². The summed E-state index contributed by atoms with van der Waals surface area (Å²) in [5.41, 5.74) is 0. The molecule has 0 radical (unpaired) electrons. The molecule has 0 fully saturated rings. The number of hydrogen-bond acceptors (Lipinski definition) is 4. The molecule has 0 aliphatic rings. The number of nitrogens with zero attached hydrogens (tertiary/aromatic N) is 3. The molecule has 0 spiro atoms. The Hall–Kier alpha value is -1.97. The van der Waals surface area contributed by atoms with Gasteiger partial charge in [-0.1, -0.05) is 0 Å². The van der Waals surface area contributed by atoms with Gasteiger partial charge in [0, 0.05) is 18.5 Å². The summed E-state index contributed by atoms with van der Waals surface area (Å²) < 4.78 is 5.36. The highest BCUT2D eigenvalue weighted by Gasteiger charge is 1.95. The van der Waals surface area contributed by atoms with Crippen molar-refractivity contribution in [1.29, 1.82) is 0 Å². The lowest BCUT2D eigenvalue weighted by Crippen LogP contribution is -1.87. The molecular formula is C9H7N3O. The third kappa shape index (κ3) is 1.99. The lowest BCUT2D eigenvalue weighted by atomic mass is 10.5. The molecule has 0 N–H and O–H groups in total. The SMILES string of the molecule is c1cncc(Oc2ccncn2)c1. The Morgan fingerprint density at radius 3 is 2.77 bits per heavy atom. The summed E-state index contributed by atoms with van der Waals surface area (Å²) in [5.74, 6) is 1.18. The van der Waals surface area contributed by atoms with Gasteiger partial charge >= 0.3 is 0 Å². The Kier molecular flexibility index (Phi) is 2.14. The molecule has 0 aromatic carbocycles. The second kappa shape index (κ2) is 3.62. The van der Waals surface area contributed by atoms with Crippen molar-refractivity contribution >= 4 is 0 Å². The standard InChI is InChI=1S/C9H7N3O/c1-2-8(6-10-4-1)13-9-3-5-11-7-12-9/h1-7H. The van der Waals surface area contributed by atoms with Gasteiger partial charge in [-0.2, -0.15) is 0 Å². The number of rotatable bonds is 2. The first-order valence-electron chi connectivity index (χ1n) is 3.79. The second-order valence-electron chi connectivity index (χ2n) is 2.34. The van der Waals surface area contributed by atoms with E-state index in [1.165, 1.54) is 6.33 Å². The van der Waals surface area contributed by atoms with Crippen LogP contribution < -0.4 is 4.74 Å². The minimum Gasteiger partial charge on any atom is -0.437 e. The van der Waals surface area contributed by atoms with E-state index in [-0.39, 0.29) is 0 Å². The maximum Gasteiger partial charge on any atom is 0.222 e. The first-order chi connectivity index (χ1) is 6.45. The van der Waals surface area contributed by atoms with Gasteiger partial charge in [0.05, 0.1) is 6.20 Å². The zero-order valence-corrected chi connectivity index (χ0v) is 6.79. The van der Waals surface area contributed by atoms with Gasteiger partial charge in [-0.3, -0.25) is 4.98 Å². The van der Waals surface area contributed by atoms with Gasteiger partial charge in [0.15, 0.2) is 0 Å². The van der Waals surface area contributed by atoms with Gasteiger partial charge in [0.1, 0.15) is 12.1 Å². The van der Waals surface area contributed by atoms with E-state index in [0.29, 0.717) is 11.6 Å². The molecule has 2 heterocycles. The van der Waals surface area contributed by atoms with Gasteiger partial charge in [0.25, 0.3) is 0 Å². The van der Waals surface area contributed by atoms with Crippen molar-refractivity contribution in [2.24, 2.45) is 0 Å². The van der Waals surface area contributed by atoms with E-state index in [1.807, 2.05) is 6.07 Å². The van der Waals surface area contributed by atoms with Crippen LogP contribution in [0.2, 0.25) is 0 Å². The molecule has 0 bridgehead atoms. The van der Waals surface area contributed by atoms with Gasteiger partial charge in [-0.15, -0.1) is 0 Å². The molecule has 0 atom stereocenters. The Balaban J connectivity index is 2.16. The molecule has 0 saturated carbocycles. The van der Waals surface area contributed by atoms with Gasteiger partial charge in [-0.05, 0) is 12.1 Å². The molecule has 64 valence electrons. The van der Waals surface area contributed by atoms with Crippen molar-refractivity contribution in [2.45, 2.75) is 0 Å². The molecule has 0 saturated heterocycles. The monoisotopic (exact) mass is 173 g/mol. The van der Waals surface area contributed by atoms with Crippen molar-refractivity contribution < 1.29 is 4.74 Å². The van der Waals surface area contributed by atoms with E-state index in [4.69, 9.17) is 4.74 Å². The fourth-order valence-electron chi connectivity index (χ4n) is 0.867. The Morgan fingerprint density at radius 2 is 2.08 bits per heavy atom. The van der Waals surface area contributed by atoms with E-state index < -0.39 is 0 Å². The van der Waals surface area contributed by atoms with Gasteiger partial charge in [-0.25, -0.2) is 9.97 Å². The van der Waals surface area contributed by atoms with Crippen LogP contribution in [0.3, 0.4) is 0 Å². The highest BCUT2D eigenvalue weighted by atomic mass is 16.5. The van der Waals surface area contributed by atoms with Crippen LogP contribution in [0.15, 0.2) is 43.1 Å². The van der Waals surface area contributed by atoms with Crippen molar-refractivity contribution in [3.63, 3.8) is 0 Å². The number of hydrogen-bond donors (Lipinski definition) is 0. The van der Waals surface area contributed by atoms with Crippen LogP contribution in [-0.4, -0.2) is 15.0 Å². The lowest BCUT2D eigenvalue weighted by Gasteiger charge is -2.01. The zero-order valence-electron chi connectivity index (χ0n) is 6.79. The van der Waals surface area contributed by atoms with Crippen LogP contribution in [0, 0.1) is 0 Å². The molecule has 2 rings (SSSR count). The first kappa shape index (κ1) is 7.67. The van der Waals surface area contributed by atoms with Crippen LogP contribution >= 0.6 is 0 Å². The fourth-order valence-corrected chi connectivity index (χ4v) is 0.867. The summed E-state index contributed by atoms with van der Waals surface area (Å²) in [4.78, 5) is 11.6. The molecule has 0 aliphatic carbocycles. The average Bonchev–Trinajstić information content (AvgIpc) is 2.21. The number of pyridine rings is 1. The van der Waals surface area contributed by atoms with E-state index in [1.54, 1.807) is 30.7 Å². The van der Waals surface area contributed by atoms with Crippen LogP contribution in [0.4, 0.5) is 0 Å². The summed E-state index contributed by atoms with van der Waals surface area (Å²) in [5, 5.41) is 0. The topological polar surface area (TPSA) is 47.9 Å². The summed E-state index contributed by atoms with van der Waals surface area (Å²) in [7, 11) is 0. The Bertz CT molecular complexity index is 326. The molecule has 0 amide bonds. The third-order valence-corrected chi connectivity index (χ3v) is 1.41. The lowest BCUT2D eigenvalue weighted by molar-refractivity contribution is 0.459. The molecule has 2 aromatic heterocycles. The van der Waals surface area contributed by atoms with E-state index in [0.717, 1.165) is 0 Å². The molecule has 13 heavy (non-hydrogen) atoms. The Morgan fingerprint density at radius 1 is 1.08 bits per heavy atom. The highest BCUT2D eigenvalue weighted by Crippen LogP contribution is 2.15. The average molecular weight is 173 g/mol. The Labute approximate surface area is 75.3 Å². The molecule has 0 unspecified atom stereocenters. The molecular weight excluding hydrogens is 166 g/mol. The maximum absolute atomic E-state index is 5.36. The van der Waals surface area contributed by atoms with Crippen LogP contribution in [-0.2, 0) is 0 Å². The molecule has 0 aliphatic heterocycles. The van der Waals surface area contributed by atoms with Gasteiger partial charge in [0.2, 0.25) is 5.88 Å². The van der Waals surface area contributed by atoms with Crippen molar-refractivity contribution in [2.75, 3.05) is 0 Å². The summed E-state index contributed by atoms with van der Waals surface area (Å²) in [6.07, 6.45) is 6.37. The van der Waals surface area contributed by atoms with Crippen LogP contribution in [0.5, 0.6) is 11.6 Å². The largest absolute Gasteiger partial charge is 0.437 e. The number of ether oxygens (including phenoxy) is 1. The molecule has 4 heteroatoms. The maximum atomic E-state index is 5.36. The summed E-state index contributed by atoms with van der Waals surface area (Å²) in [6, 6.07) is 5.30. The third-order valence-electron chi connectivity index (χ3n) is 1.41. The quantitative estimate of drug-likeness (QED) is 0.693. The van der Waals surface area contributed by atoms with Gasteiger partial charge < -0.3 is 4.74 Å². The minimum atomic E-state index is 0.517. The predicted octanol–water partition coefficient (Wildman–Crippen LogP) is 1.66. The van der Waals surface area contributed by atoms with E-state index in [2.05, 4.69) is 15.0 Å². The predicted molar refractivity (Wildman–Crippen MR) is 46.3 cm³/mol. The smallest absolute Gasteiger partial charge is 0.222 e. The van der Waals surface area contributed by atoms with Crippen molar-refractivity contribution in [3.05, 3.63) is 43.1 Å². The minimum absolute atomic E-state index is 0.517. The van der Waals surface area contributed by atoms with Crippen molar-refractivity contribution in [3.8, 4) is 11.6 Å². The number of aromatic nitrogens is 3. The zero-order chi connectivity index (χ0) is 8.93. The molecule has 2 aromatic rings. The summed E-state index contributed by atoms with van der Waals surface area (Å²) >= 11 is 0. The van der Waals surface area contributed by atoms with Crippen LogP contribution in [0.1, 0.15) is 0 Å². The normalized spacial score (nSPS) is 9.54. The first-order valence-corrected chi connectivity index (χ1v) is 3.79. The van der Waals surface area contributed by atoms with E-state index in [9.17, 15) is 0 Å².